The van der Waals surface area contributed by atoms with Crippen molar-refractivity contribution in [3.05, 3.63) is 72.7 Å². The molecular weight excluding hydrogens is 400 g/mol. The normalized spacial score (nSPS) is 12.4. The van der Waals surface area contributed by atoms with Gasteiger partial charge in [-0.25, -0.2) is 4.98 Å². The first kappa shape index (κ1) is 21.3. The minimum atomic E-state index is -1.78. The van der Waals surface area contributed by atoms with Crippen molar-refractivity contribution < 1.29 is 4.43 Å². The fourth-order valence-electron chi connectivity index (χ4n) is 3.39. The molecular formula is C25H30N4OSi. The fourth-order valence-corrected chi connectivity index (χ4v) is 4.35. The lowest BCUT2D eigenvalue weighted by atomic mass is 10.1. The molecule has 5 nitrogen and oxygen atoms in total. The number of aromatic nitrogens is 3. The molecule has 0 aliphatic heterocycles. The van der Waals surface area contributed by atoms with Gasteiger partial charge in [-0.2, -0.15) is 0 Å². The molecule has 0 saturated carbocycles. The number of rotatable bonds is 5. The van der Waals surface area contributed by atoms with Crippen LogP contribution in [0.2, 0.25) is 18.1 Å². The van der Waals surface area contributed by atoms with Gasteiger partial charge in [0.25, 0.3) is 0 Å². The van der Waals surface area contributed by atoms with Gasteiger partial charge in [0.2, 0.25) is 0 Å². The van der Waals surface area contributed by atoms with Gasteiger partial charge in [0.05, 0.1) is 17.8 Å². The Morgan fingerprint density at radius 3 is 2.45 bits per heavy atom. The summed E-state index contributed by atoms with van der Waals surface area (Å²) in [5.74, 6) is 0.513. The zero-order valence-corrected chi connectivity index (χ0v) is 19.9. The topological polar surface area (TPSA) is 66.0 Å². The van der Waals surface area contributed by atoms with Gasteiger partial charge < -0.3 is 14.7 Å². The Bertz CT molecular complexity index is 1210. The SMILES string of the molecule is CC(C)(C)[Si](C)(C)OCc1ccc(-n2c(-c3cccnc3N)cc3cnccc32)cc1. The second-order valence-corrected chi connectivity index (χ2v) is 14.3. The van der Waals surface area contributed by atoms with Crippen LogP contribution in [0.5, 0.6) is 0 Å². The van der Waals surface area contributed by atoms with Crippen LogP contribution in [0.4, 0.5) is 5.82 Å². The Morgan fingerprint density at radius 1 is 1.03 bits per heavy atom. The van der Waals surface area contributed by atoms with E-state index < -0.39 is 8.32 Å². The van der Waals surface area contributed by atoms with Gasteiger partial charge >= 0.3 is 0 Å². The number of benzene rings is 1. The number of nitrogens with two attached hydrogens (primary N) is 1. The summed E-state index contributed by atoms with van der Waals surface area (Å²) in [5.41, 5.74) is 11.4. The van der Waals surface area contributed by atoms with Crippen LogP contribution >= 0.6 is 0 Å². The van der Waals surface area contributed by atoms with Gasteiger partial charge in [-0.3, -0.25) is 4.98 Å². The Labute approximate surface area is 185 Å². The van der Waals surface area contributed by atoms with Crippen LogP contribution in [0.15, 0.2) is 67.1 Å². The van der Waals surface area contributed by atoms with Crippen molar-refractivity contribution in [2.75, 3.05) is 5.73 Å². The molecule has 0 bridgehead atoms. The fraction of sp³-hybridized carbons (Fsp3) is 0.280. The Balaban J connectivity index is 1.71. The van der Waals surface area contributed by atoms with Crippen molar-refractivity contribution in [1.29, 1.82) is 0 Å². The van der Waals surface area contributed by atoms with Gasteiger partial charge in [0.15, 0.2) is 8.32 Å². The maximum atomic E-state index is 6.39. The lowest BCUT2D eigenvalue weighted by Crippen LogP contribution is -2.40. The van der Waals surface area contributed by atoms with E-state index >= 15 is 0 Å². The minimum absolute atomic E-state index is 0.198. The maximum absolute atomic E-state index is 6.39. The standard InChI is InChI=1S/C25H30N4OSi/c1-25(2,3)31(4,5)30-17-18-8-10-20(11-9-18)29-22-12-14-27-16-19(22)15-23(29)21-7-6-13-28-24(21)26/h6-16H,17H2,1-5H3,(H2,26,28). The van der Waals surface area contributed by atoms with E-state index in [1.165, 1.54) is 5.56 Å². The smallest absolute Gasteiger partial charge is 0.192 e. The molecule has 3 aromatic heterocycles. The molecule has 0 saturated heterocycles. The van der Waals surface area contributed by atoms with Crippen molar-refractivity contribution in [3.8, 4) is 16.9 Å². The third kappa shape index (κ3) is 4.13. The number of hydrogen-bond acceptors (Lipinski definition) is 4. The van der Waals surface area contributed by atoms with Crippen LogP contribution in [0.3, 0.4) is 0 Å². The second kappa shape index (κ2) is 7.94. The average molecular weight is 431 g/mol. The number of hydrogen-bond donors (Lipinski definition) is 1. The molecule has 0 aliphatic rings. The predicted molar refractivity (Wildman–Crippen MR) is 131 cm³/mol. The monoisotopic (exact) mass is 430 g/mol. The summed E-state index contributed by atoms with van der Waals surface area (Å²) >= 11 is 0. The van der Waals surface area contributed by atoms with E-state index in [1.807, 2.05) is 30.6 Å². The van der Waals surface area contributed by atoms with E-state index in [2.05, 4.69) is 78.7 Å². The van der Waals surface area contributed by atoms with E-state index in [0.717, 1.165) is 27.8 Å². The highest BCUT2D eigenvalue weighted by molar-refractivity contribution is 6.74. The maximum Gasteiger partial charge on any atom is 0.192 e. The Hall–Kier alpha value is -2.96. The summed E-state index contributed by atoms with van der Waals surface area (Å²) in [6.07, 6.45) is 5.41. The van der Waals surface area contributed by atoms with E-state index in [0.29, 0.717) is 12.4 Å². The molecule has 1 aromatic carbocycles. The van der Waals surface area contributed by atoms with Crippen LogP contribution in [-0.2, 0) is 11.0 Å². The van der Waals surface area contributed by atoms with Crippen LogP contribution in [-0.4, -0.2) is 22.9 Å². The van der Waals surface area contributed by atoms with Crippen molar-refractivity contribution in [1.82, 2.24) is 14.5 Å². The highest BCUT2D eigenvalue weighted by Gasteiger charge is 2.37. The van der Waals surface area contributed by atoms with Gasteiger partial charge in [-0.15, -0.1) is 0 Å². The zero-order chi connectivity index (χ0) is 22.2. The van der Waals surface area contributed by atoms with Crippen LogP contribution in [0.1, 0.15) is 26.3 Å². The summed E-state index contributed by atoms with van der Waals surface area (Å²) in [5, 5.41) is 1.26. The Kier molecular flexibility index (Phi) is 5.45. The minimum Gasteiger partial charge on any atom is -0.413 e. The summed E-state index contributed by atoms with van der Waals surface area (Å²) in [7, 11) is -1.78. The van der Waals surface area contributed by atoms with Crippen LogP contribution in [0, 0.1) is 0 Å². The number of anilines is 1. The highest BCUT2D eigenvalue weighted by Crippen LogP contribution is 2.37. The van der Waals surface area contributed by atoms with Crippen molar-refractivity contribution in [2.24, 2.45) is 0 Å². The summed E-state index contributed by atoms with van der Waals surface area (Å²) < 4.78 is 8.60. The highest BCUT2D eigenvalue weighted by atomic mass is 28.4. The third-order valence-corrected chi connectivity index (χ3v) is 10.8. The molecule has 0 unspecified atom stereocenters. The van der Waals surface area contributed by atoms with Gasteiger partial charge in [-0.1, -0.05) is 32.9 Å². The first-order valence-electron chi connectivity index (χ1n) is 10.6. The molecule has 0 fully saturated rings. The van der Waals surface area contributed by atoms with Crippen molar-refractivity contribution in [2.45, 2.75) is 45.5 Å². The quantitative estimate of drug-likeness (QED) is 0.383. The number of nitrogens with zero attached hydrogens (tertiary/aromatic N) is 3. The largest absolute Gasteiger partial charge is 0.413 e. The average Bonchev–Trinajstić information content (AvgIpc) is 3.11. The predicted octanol–water partition coefficient (Wildman–Crippen LogP) is 6.19. The van der Waals surface area contributed by atoms with Gasteiger partial charge in [0.1, 0.15) is 5.82 Å². The second-order valence-electron chi connectivity index (χ2n) is 9.45. The van der Waals surface area contributed by atoms with E-state index in [1.54, 1.807) is 6.20 Å². The molecule has 6 heteroatoms. The molecule has 2 N–H and O–H groups in total. The van der Waals surface area contributed by atoms with E-state index in [4.69, 9.17) is 10.2 Å². The molecule has 0 amide bonds. The lowest BCUT2D eigenvalue weighted by molar-refractivity contribution is 0.276. The first-order chi connectivity index (χ1) is 14.7. The van der Waals surface area contributed by atoms with Gasteiger partial charge in [-0.05, 0) is 60.1 Å². The molecule has 0 radical (unpaired) electrons. The van der Waals surface area contributed by atoms with Crippen molar-refractivity contribution in [3.63, 3.8) is 0 Å². The third-order valence-electron chi connectivity index (χ3n) is 6.32. The van der Waals surface area contributed by atoms with E-state index in [9.17, 15) is 0 Å². The van der Waals surface area contributed by atoms with Crippen molar-refractivity contribution >= 4 is 25.0 Å². The lowest BCUT2D eigenvalue weighted by Gasteiger charge is -2.36. The number of pyridine rings is 2. The molecule has 4 rings (SSSR count). The summed E-state index contributed by atoms with van der Waals surface area (Å²) in [6.45, 7) is 12.0. The molecule has 0 spiro atoms. The van der Waals surface area contributed by atoms with E-state index in [-0.39, 0.29) is 5.04 Å². The number of fused-ring (bicyclic) bond motifs is 1. The molecule has 0 aliphatic carbocycles. The molecule has 31 heavy (non-hydrogen) atoms. The van der Waals surface area contributed by atoms with Gasteiger partial charge in [0, 0.05) is 35.2 Å². The Morgan fingerprint density at radius 2 is 1.77 bits per heavy atom. The zero-order valence-electron chi connectivity index (χ0n) is 18.9. The molecule has 3 heterocycles. The molecule has 0 atom stereocenters. The summed E-state index contributed by atoms with van der Waals surface area (Å²) in [4.78, 5) is 8.56. The number of nitrogen functional groups attached to an aromatic ring is 1. The molecule has 4 aromatic rings. The van der Waals surface area contributed by atoms with Crippen LogP contribution < -0.4 is 5.73 Å². The first-order valence-corrected chi connectivity index (χ1v) is 13.5. The van der Waals surface area contributed by atoms with Crippen LogP contribution in [0.25, 0.3) is 27.8 Å². The summed E-state index contributed by atoms with van der Waals surface area (Å²) in [6, 6.07) is 16.6. The molecule has 160 valence electrons.